The molecule has 4 heteroatoms. The third-order valence-corrected chi connectivity index (χ3v) is 3.46. The fourth-order valence-electron chi connectivity index (χ4n) is 2.26. The zero-order chi connectivity index (χ0) is 15.4. The van der Waals surface area contributed by atoms with Gasteiger partial charge in [-0.1, -0.05) is 49.4 Å². The standard InChI is InChI=1S/C17H15FO3/c1-11(17(20)21)15(12-7-9-14(18)10-8-12)16(19)13-5-3-2-4-6-13/h2-11,15H,1H3,(H,20,21)/t11-,15+/m0/s1. The van der Waals surface area contributed by atoms with Crippen LogP contribution in [0.2, 0.25) is 0 Å². The fourth-order valence-corrected chi connectivity index (χ4v) is 2.26. The first kappa shape index (κ1) is 14.9. The van der Waals surface area contributed by atoms with Crippen molar-refractivity contribution in [2.45, 2.75) is 12.8 Å². The minimum absolute atomic E-state index is 0.280. The van der Waals surface area contributed by atoms with Crippen LogP contribution in [0.15, 0.2) is 54.6 Å². The normalized spacial score (nSPS) is 13.4. The number of carbonyl (C=O) groups is 2. The first-order chi connectivity index (χ1) is 10.0. The molecule has 0 aliphatic heterocycles. The monoisotopic (exact) mass is 286 g/mol. The number of carboxylic acids is 1. The van der Waals surface area contributed by atoms with Crippen molar-refractivity contribution in [1.29, 1.82) is 0 Å². The maximum atomic E-state index is 13.0. The minimum atomic E-state index is -1.06. The Morgan fingerprint density at radius 3 is 2.10 bits per heavy atom. The van der Waals surface area contributed by atoms with Gasteiger partial charge >= 0.3 is 5.97 Å². The van der Waals surface area contributed by atoms with Crippen LogP contribution in [0, 0.1) is 11.7 Å². The molecule has 0 unspecified atom stereocenters. The molecular weight excluding hydrogens is 271 g/mol. The second-order valence-electron chi connectivity index (χ2n) is 4.89. The van der Waals surface area contributed by atoms with Crippen LogP contribution in [-0.2, 0) is 4.79 Å². The van der Waals surface area contributed by atoms with Crippen LogP contribution in [0.4, 0.5) is 4.39 Å². The highest BCUT2D eigenvalue weighted by Crippen LogP contribution is 2.29. The van der Waals surface area contributed by atoms with Crippen molar-refractivity contribution in [3.8, 4) is 0 Å². The summed E-state index contributed by atoms with van der Waals surface area (Å²) in [5.74, 6) is -3.51. The molecule has 0 aliphatic rings. The molecule has 0 saturated heterocycles. The van der Waals surface area contributed by atoms with E-state index in [9.17, 15) is 19.1 Å². The molecule has 0 bridgehead atoms. The Balaban J connectivity index is 2.44. The lowest BCUT2D eigenvalue weighted by Gasteiger charge is -2.20. The summed E-state index contributed by atoms with van der Waals surface area (Å²) in [6.07, 6.45) is 0. The molecule has 1 N–H and O–H groups in total. The molecule has 2 aromatic rings. The third kappa shape index (κ3) is 3.34. The molecular formula is C17H15FO3. The Bertz CT molecular complexity index is 635. The lowest BCUT2D eigenvalue weighted by Crippen LogP contribution is -2.26. The van der Waals surface area contributed by atoms with Crippen molar-refractivity contribution in [3.63, 3.8) is 0 Å². The van der Waals surface area contributed by atoms with Crippen LogP contribution in [-0.4, -0.2) is 16.9 Å². The van der Waals surface area contributed by atoms with E-state index in [4.69, 9.17) is 0 Å². The van der Waals surface area contributed by atoms with Gasteiger partial charge in [-0.05, 0) is 17.7 Å². The Morgan fingerprint density at radius 1 is 1.00 bits per heavy atom. The predicted octanol–water partition coefficient (Wildman–Crippen LogP) is 3.51. The zero-order valence-electron chi connectivity index (χ0n) is 11.5. The number of aliphatic carboxylic acids is 1. The highest BCUT2D eigenvalue weighted by molar-refractivity contribution is 6.03. The lowest BCUT2D eigenvalue weighted by molar-refractivity contribution is -0.141. The molecule has 0 spiro atoms. The molecule has 0 heterocycles. The largest absolute Gasteiger partial charge is 0.481 e. The molecule has 21 heavy (non-hydrogen) atoms. The van der Waals surface area contributed by atoms with E-state index in [1.807, 2.05) is 0 Å². The average molecular weight is 286 g/mol. The second kappa shape index (κ2) is 6.31. The van der Waals surface area contributed by atoms with Gasteiger partial charge in [-0.3, -0.25) is 9.59 Å². The van der Waals surface area contributed by atoms with E-state index in [1.54, 1.807) is 30.3 Å². The molecule has 0 aliphatic carbocycles. The van der Waals surface area contributed by atoms with Crippen molar-refractivity contribution in [2.24, 2.45) is 5.92 Å². The number of carboxylic acid groups (broad SMARTS) is 1. The summed E-state index contributed by atoms with van der Waals surface area (Å²) in [5.41, 5.74) is 0.945. The number of rotatable bonds is 5. The molecule has 2 aromatic carbocycles. The van der Waals surface area contributed by atoms with Gasteiger partial charge in [-0.2, -0.15) is 0 Å². The summed E-state index contributed by atoms with van der Waals surface area (Å²) in [4.78, 5) is 23.9. The van der Waals surface area contributed by atoms with E-state index < -0.39 is 23.6 Å². The highest BCUT2D eigenvalue weighted by Gasteiger charge is 2.32. The summed E-state index contributed by atoms with van der Waals surface area (Å²) >= 11 is 0. The molecule has 0 aromatic heterocycles. The van der Waals surface area contributed by atoms with E-state index >= 15 is 0 Å². The predicted molar refractivity (Wildman–Crippen MR) is 76.7 cm³/mol. The number of carbonyl (C=O) groups excluding carboxylic acids is 1. The topological polar surface area (TPSA) is 54.4 Å². The van der Waals surface area contributed by atoms with Gasteiger partial charge in [0.1, 0.15) is 5.82 Å². The van der Waals surface area contributed by atoms with Crippen LogP contribution < -0.4 is 0 Å². The van der Waals surface area contributed by atoms with Crippen LogP contribution >= 0.6 is 0 Å². The van der Waals surface area contributed by atoms with Gasteiger partial charge in [-0.25, -0.2) is 4.39 Å². The minimum Gasteiger partial charge on any atom is -0.481 e. The van der Waals surface area contributed by atoms with Crippen molar-refractivity contribution < 1.29 is 19.1 Å². The molecule has 3 nitrogen and oxygen atoms in total. The van der Waals surface area contributed by atoms with Gasteiger partial charge < -0.3 is 5.11 Å². The van der Waals surface area contributed by atoms with E-state index in [0.29, 0.717) is 11.1 Å². The highest BCUT2D eigenvalue weighted by atomic mass is 19.1. The molecule has 0 fully saturated rings. The SMILES string of the molecule is C[C@H](C(=O)O)[C@@H](C(=O)c1ccccc1)c1ccc(F)cc1. The number of hydrogen-bond donors (Lipinski definition) is 1. The number of hydrogen-bond acceptors (Lipinski definition) is 2. The van der Waals surface area contributed by atoms with E-state index in [2.05, 4.69) is 0 Å². The lowest BCUT2D eigenvalue weighted by atomic mass is 9.81. The van der Waals surface area contributed by atoms with Crippen LogP contribution in [0.25, 0.3) is 0 Å². The number of Topliss-reactive ketones (excluding diaryl/α,β-unsaturated/α-hetero) is 1. The Morgan fingerprint density at radius 2 is 1.57 bits per heavy atom. The first-order valence-electron chi connectivity index (χ1n) is 6.58. The quantitative estimate of drug-likeness (QED) is 0.856. The fraction of sp³-hybridized carbons (Fsp3) is 0.176. The van der Waals surface area contributed by atoms with Gasteiger partial charge in [0.2, 0.25) is 0 Å². The first-order valence-corrected chi connectivity index (χ1v) is 6.58. The Kier molecular flexibility index (Phi) is 4.48. The van der Waals surface area contributed by atoms with Gasteiger partial charge in [-0.15, -0.1) is 0 Å². The number of benzene rings is 2. The Hall–Kier alpha value is -2.49. The maximum absolute atomic E-state index is 13.0. The van der Waals surface area contributed by atoms with Crippen molar-refractivity contribution >= 4 is 11.8 Å². The summed E-state index contributed by atoms with van der Waals surface area (Å²) in [6, 6.07) is 13.9. The molecule has 0 amide bonds. The molecule has 2 rings (SSSR count). The smallest absolute Gasteiger partial charge is 0.307 e. The summed E-state index contributed by atoms with van der Waals surface area (Å²) in [7, 11) is 0. The van der Waals surface area contributed by atoms with Gasteiger partial charge in [0, 0.05) is 5.56 Å². The molecule has 108 valence electrons. The van der Waals surface area contributed by atoms with Crippen molar-refractivity contribution in [2.75, 3.05) is 0 Å². The average Bonchev–Trinajstić information content (AvgIpc) is 2.50. The summed E-state index contributed by atoms with van der Waals surface area (Å²) < 4.78 is 13.0. The van der Waals surface area contributed by atoms with Gasteiger partial charge in [0.25, 0.3) is 0 Å². The van der Waals surface area contributed by atoms with E-state index in [0.717, 1.165) is 0 Å². The molecule has 0 radical (unpaired) electrons. The maximum Gasteiger partial charge on any atom is 0.307 e. The third-order valence-electron chi connectivity index (χ3n) is 3.46. The molecule has 2 atom stereocenters. The zero-order valence-corrected chi connectivity index (χ0v) is 11.5. The van der Waals surface area contributed by atoms with Gasteiger partial charge in [0.05, 0.1) is 11.8 Å². The van der Waals surface area contributed by atoms with Crippen molar-refractivity contribution in [1.82, 2.24) is 0 Å². The number of ketones is 1. The summed E-state index contributed by atoms with van der Waals surface area (Å²) in [5, 5.41) is 9.24. The van der Waals surface area contributed by atoms with Crippen LogP contribution in [0.3, 0.4) is 0 Å². The second-order valence-corrected chi connectivity index (χ2v) is 4.89. The Labute approximate surface area is 122 Å². The van der Waals surface area contributed by atoms with E-state index in [1.165, 1.54) is 31.2 Å². The molecule has 0 saturated carbocycles. The van der Waals surface area contributed by atoms with Crippen LogP contribution in [0.5, 0.6) is 0 Å². The van der Waals surface area contributed by atoms with Gasteiger partial charge in [0.15, 0.2) is 5.78 Å². The van der Waals surface area contributed by atoms with E-state index in [-0.39, 0.29) is 5.78 Å². The summed E-state index contributed by atoms with van der Waals surface area (Å²) in [6.45, 7) is 1.48. The van der Waals surface area contributed by atoms with Crippen LogP contribution in [0.1, 0.15) is 28.8 Å². The van der Waals surface area contributed by atoms with Crippen molar-refractivity contribution in [3.05, 3.63) is 71.5 Å². The number of halogens is 1.